The summed E-state index contributed by atoms with van der Waals surface area (Å²) >= 11 is 0. The molecule has 23 heavy (non-hydrogen) atoms. The second-order valence-corrected chi connectivity index (χ2v) is 6.21. The van der Waals surface area contributed by atoms with Crippen LogP contribution in [0.1, 0.15) is 27.2 Å². The van der Waals surface area contributed by atoms with Crippen LogP contribution in [0.3, 0.4) is 0 Å². The van der Waals surface area contributed by atoms with Gasteiger partial charge in [0.25, 0.3) is 0 Å². The van der Waals surface area contributed by atoms with Crippen molar-refractivity contribution in [2.24, 2.45) is 5.41 Å². The van der Waals surface area contributed by atoms with Gasteiger partial charge in [-0.05, 0) is 26.3 Å². The van der Waals surface area contributed by atoms with Crippen molar-refractivity contribution in [1.82, 2.24) is 20.2 Å². The van der Waals surface area contributed by atoms with E-state index in [2.05, 4.69) is 15.3 Å². The van der Waals surface area contributed by atoms with Crippen LogP contribution in [0.4, 0.5) is 5.95 Å². The Morgan fingerprint density at radius 3 is 2.35 bits per heavy atom. The summed E-state index contributed by atoms with van der Waals surface area (Å²) in [5.41, 5.74) is -1.04. The molecular weight excluding hydrogens is 294 g/mol. The van der Waals surface area contributed by atoms with E-state index >= 15 is 0 Å². The Balaban J connectivity index is 1.93. The first-order chi connectivity index (χ1) is 11.0. The van der Waals surface area contributed by atoms with Gasteiger partial charge in [-0.25, -0.2) is 9.97 Å². The number of hydrogen-bond acceptors (Lipinski definition) is 5. The molecule has 0 atom stereocenters. The smallest absolute Gasteiger partial charge is 0.237 e. The third-order valence-corrected chi connectivity index (χ3v) is 4.04. The number of nitrogens with zero attached hydrogens (tertiary/aromatic N) is 4. The van der Waals surface area contributed by atoms with E-state index in [-0.39, 0.29) is 11.8 Å². The fraction of sp³-hybridized carbons (Fsp3) is 0.625. The maximum absolute atomic E-state index is 12.7. The third kappa shape index (κ3) is 3.97. The van der Waals surface area contributed by atoms with Crippen LogP contribution in [0.5, 0.6) is 0 Å². The van der Waals surface area contributed by atoms with Crippen molar-refractivity contribution in [3.8, 4) is 0 Å². The summed E-state index contributed by atoms with van der Waals surface area (Å²) < 4.78 is 0. The summed E-state index contributed by atoms with van der Waals surface area (Å²) in [6, 6.07) is 1.78. The summed E-state index contributed by atoms with van der Waals surface area (Å²) in [6.07, 6.45) is 4.27. The van der Waals surface area contributed by atoms with Gasteiger partial charge in [0.1, 0.15) is 5.41 Å². The molecule has 0 saturated carbocycles. The van der Waals surface area contributed by atoms with Gasteiger partial charge in [-0.1, -0.05) is 6.92 Å². The van der Waals surface area contributed by atoms with Crippen molar-refractivity contribution in [1.29, 1.82) is 0 Å². The number of hydrogen-bond donors (Lipinski definition) is 1. The molecule has 7 heteroatoms. The van der Waals surface area contributed by atoms with E-state index in [9.17, 15) is 9.59 Å². The average Bonchev–Trinajstić information content (AvgIpc) is 2.59. The second-order valence-electron chi connectivity index (χ2n) is 6.21. The zero-order valence-electron chi connectivity index (χ0n) is 14.1. The Bertz CT molecular complexity index is 539. The largest absolute Gasteiger partial charge is 0.355 e. The molecule has 1 aliphatic rings. The minimum atomic E-state index is -1.04. The van der Waals surface area contributed by atoms with E-state index in [1.165, 1.54) is 0 Å². The molecule has 1 aliphatic heterocycles. The van der Waals surface area contributed by atoms with Crippen molar-refractivity contribution >= 4 is 17.8 Å². The summed E-state index contributed by atoms with van der Waals surface area (Å²) in [4.78, 5) is 37.2. The van der Waals surface area contributed by atoms with Crippen molar-refractivity contribution < 1.29 is 9.59 Å². The molecule has 0 unspecified atom stereocenters. The summed E-state index contributed by atoms with van der Waals surface area (Å²) in [7, 11) is 0. The standard InChI is InChI=1S/C16H25N5O2/c1-4-6-17-13(22)16(2,3)14(23)20-9-11-21(12-10-20)15-18-7-5-8-19-15/h5,7-8H,4,6,9-12H2,1-3H3,(H,17,22). The fourth-order valence-corrected chi connectivity index (χ4v) is 2.52. The molecule has 0 spiro atoms. The molecule has 0 aromatic carbocycles. The number of piperazine rings is 1. The highest BCUT2D eigenvalue weighted by atomic mass is 16.2. The molecule has 126 valence electrons. The van der Waals surface area contributed by atoms with Gasteiger partial charge in [-0.3, -0.25) is 9.59 Å². The van der Waals surface area contributed by atoms with Crippen LogP contribution in [-0.2, 0) is 9.59 Å². The lowest BCUT2D eigenvalue weighted by molar-refractivity contribution is -0.148. The van der Waals surface area contributed by atoms with Crippen molar-refractivity contribution in [2.45, 2.75) is 27.2 Å². The lowest BCUT2D eigenvalue weighted by atomic mass is 9.90. The first-order valence-corrected chi connectivity index (χ1v) is 8.06. The number of aromatic nitrogens is 2. The normalized spacial score (nSPS) is 15.4. The van der Waals surface area contributed by atoms with Crippen molar-refractivity contribution in [3.05, 3.63) is 18.5 Å². The van der Waals surface area contributed by atoms with Gasteiger partial charge in [0.2, 0.25) is 17.8 Å². The average molecular weight is 319 g/mol. The van der Waals surface area contributed by atoms with Gasteiger partial charge in [-0.15, -0.1) is 0 Å². The summed E-state index contributed by atoms with van der Waals surface area (Å²) in [5.74, 6) is 0.345. The van der Waals surface area contributed by atoms with E-state index in [1.54, 1.807) is 37.2 Å². The molecule has 2 amide bonds. The zero-order valence-corrected chi connectivity index (χ0v) is 14.1. The van der Waals surface area contributed by atoms with E-state index in [0.29, 0.717) is 38.7 Å². The molecular formula is C16H25N5O2. The summed E-state index contributed by atoms with van der Waals surface area (Å²) in [5, 5.41) is 2.81. The first-order valence-electron chi connectivity index (χ1n) is 8.06. The molecule has 1 fully saturated rings. The lowest BCUT2D eigenvalue weighted by Gasteiger charge is -2.38. The topological polar surface area (TPSA) is 78.4 Å². The maximum atomic E-state index is 12.7. The fourth-order valence-electron chi connectivity index (χ4n) is 2.52. The minimum absolute atomic E-state index is 0.125. The lowest BCUT2D eigenvalue weighted by Crippen LogP contribution is -2.55. The van der Waals surface area contributed by atoms with Gasteiger partial charge < -0.3 is 15.1 Å². The van der Waals surface area contributed by atoms with Gasteiger partial charge in [0.15, 0.2) is 0 Å². The van der Waals surface area contributed by atoms with Crippen LogP contribution >= 0.6 is 0 Å². The van der Waals surface area contributed by atoms with E-state index < -0.39 is 5.41 Å². The third-order valence-electron chi connectivity index (χ3n) is 4.04. The maximum Gasteiger partial charge on any atom is 0.237 e. The van der Waals surface area contributed by atoms with Crippen molar-refractivity contribution in [3.63, 3.8) is 0 Å². The molecule has 1 aromatic heterocycles. The van der Waals surface area contributed by atoms with E-state index in [1.807, 2.05) is 11.8 Å². The number of amides is 2. The highest BCUT2D eigenvalue weighted by Gasteiger charge is 2.39. The molecule has 2 rings (SSSR count). The zero-order chi connectivity index (χ0) is 16.9. The Kier molecular flexibility index (Phi) is 5.52. The molecule has 0 bridgehead atoms. The Labute approximate surface area is 137 Å². The molecule has 2 heterocycles. The number of anilines is 1. The number of carbonyl (C=O) groups is 2. The molecule has 0 aliphatic carbocycles. The van der Waals surface area contributed by atoms with E-state index in [0.717, 1.165) is 6.42 Å². The predicted molar refractivity (Wildman–Crippen MR) is 87.9 cm³/mol. The first kappa shape index (κ1) is 17.2. The van der Waals surface area contributed by atoms with Crippen LogP contribution < -0.4 is 10.2 Å². The number of nitrogens with one attached hydrogen (secondary N) is 1. The van der Waals surface area contributed by atoms with Crippen LogP contribution in [0.25, 0.3) is 0 Å². The van der Waals surface area contributed by atoms with Gasteiger partial charge >= 0.3 is 0 Å². The SMILES string of the molecule is CCCNC(=O)C(C)(C)C(=O)N1CCN(c2ncccn2)CC1. The molecule has 0 radical (unpaired) electrons. The Morgan fingerprint density at radius 2 is 1.78 bits per heavy atom. The molecule has 7 nitrogen and oxygen atoms in total. The van der Waals surface area contributed by atoms with E-state index in [4.69, 9.17) is 0 Å². The van der Waals surface area contributed by atoms with Crippen molar-refractivity contribution in [2.75, 3.05) is 37.6 Å². The Morgan fingerprint density at radius 1 is 1.17 bits per heavy atom. The van der Waals surface area contributed by atoms with Crippen LogP contribution in [0.15, 0.2) is 18.5 Å². The highest BCUT2D eigenvalue weighted by molar-refractivity contribution is 6.04. The quantitative estimate of drug-likeness (QED) is 0.807. The van der Waals surface area contributed by atoms with Crippen LogP contribution in [-0.4, -0.2) is 59.4 Å². The predicted octanol–water partition coefficient (Wildman–Crippen LogP) is 0.678. The molecule has 1 N–H and O–H groups in total. The Hall–Kier alpha value is -2.18. The second kappa shape index (κ2) is 7.39. The monoisotopic (exact) mass is 319 g/mol. The van der Waals surface area contributed by atoms with Gasteiger partial charge in [-0.2, -0.15) is 0 Å². The minimum Gasteiger partial charge on any atom is -0.355 e. The van der Waals surface area contributed by atoms with Crippen LogP contribution in [0.2, 0.25) is 0 Å². The highest BCUT2D eigenvalue weighted by Crippen LogP contribution is 2.21. The van der Waals surface area contributed by atoms with Crippen LogP contribution in [0, 0.1) is 5.41 Å². The van der Waals surface area contributed by atoms with Gasteiger partial charge in [0.05, 0.1) is 0 Å². The van der Waals surface area contributed by atoms with Gasteiger partial charge in [0, 0.05) is 45.1 Å². The molecule has 1 saturated heterocycles. The summed E-state index contributed by atoms with van der Waals surface area (Å²) in [6.45, 7) is 8.43. The number of rotatable bonds is 5. The number of carbonyl (C=O) groups excluding carboxylic acids is 2. The molecule has 1 aromatic rings.